The second-order valence-corrected chi connectivity index (χ2v) is 13.0. The summed E-state index contributed by atoms with van der Waals surface area (Å²) in [7, 11) is 0.218. The van der Waals surface area contributed by atoms with Crippen molar-refractivity contribution >= 4 is 45.9 Å². The van der Waals surface area contributed by atoms with Crippen LogP contribution >= 0.6 is 23.2 Å². The first-order valence-electron chi connectivity index (χ1n) is 12.3. The first-order valence-corrected chi connectivity index (χ1v) is 14.4. The molecule has 0 aromatic heterocycles. The third-order valence-electron chi connectivity index (χ3n) is 7.10. The Bertz CT molecular complexity index is 1110. The molecule has 1 aliphatic heterocycles. The van der Waals surface area contributed by atoms with Crippen LogP contribution in [0.15, 0.2) is 48.5 Å². The highest BCUT2D eigenvalue weighted by Crippen LogP contribution is 2.52. The minimum Gasteiger partial charge on any atom is -0.469 e. The number of nitrogens with zero attached hydrogens (tertiary/aromatic N) is 1. The first kappa shape index (κ1) is 28.7. The number of esters is 1. The summed E-state index contributed by atoms with van der Waals surface area (Å²) in [5, 5.41) is 1.18. The smallest absolute Gasteiger partial charge is 0.306 e. The Kier molecular flexibility index (Phi) is 9.64. The average Bonchev–Trinajstić information content (AvgIpc) is 2.84. The maximum atomic E-state index is 14.3. The van der Waals surface area contributed by atoms with Crippen LogP contribution in [0.3, 0.4) is 0 Å². The number of halogens is 2. The Morgan fingerprint density at radius 3 is 2.36 bits per heavy atom. The lowest BCUT2D eigenvalue weighted by molar-refractivity contribution is -0.161. The molecule has 2 aromatic rings. The van der Waals surface area contributed by atoms with Crippen LogP contribution in [-0.2, 0) is 25.1 Å². The molecule has 1 fully saturated rings. The van der Waals surface area contributed by atoms with E-state index in [9.17, 15) is 13.8 Å². The lowest BCUT2D eigenvalue weighted by Crippen LogP contribution is -2.57. The van der Waals surface area contributed by atoms with Crippen molar-refractivity contribution in [2.75, 3.05) is 12.9 Å². The number of benzene rings is 2. The van der Waals surface area contributed by atoms with Crippen LogP contribution in [0, 0.1) is 5.41 Å². The van der Waals surface area contributed by atoms with Crippen LogP contribution in [0.1, 0.15) is 70.0 Å². The summed E-state index contributed by atoms with van der Waals surface area (Å²) in [5.41, 5.74) is 0.929. The zero-order valence-electron chi connectivity index (χ0n) is 21.5. The summed E-state index contributed by atoms with van der Waals surface area (Å²) in [6.07, 6.45) is 1.03. The zero-order valence-corrected chi connectivity index (χ0v) is 23.8. The molecule has 2 aromatic carbocycles. The van der Waals surface area contributed by atoms with E-state index in [0.717, 1.165) is 11.1 Å². The van der Waals surface area contributed by atoms with Gasteiger partial charge >= 0.3 is 5.97 Å². The molecule has 0 spiro atoms. The van der Waals surface area contributed by atoms with E-state index >= 15 is 0 Å². The first-order chi connectivity index (χ1) is 17.0. The molecule has 5 atom stereocenters. The Balaban J connectivity index is 2.23. The minimum absolute atomic E-state index is 0.0295. The molecule has 36 heavy (non-hydrogen) atoms. The lowest BCUT2D eigenvalue weighted by atomic mass is 9.67. The highest BCUT2D eigenvalue weighted by molar-refractivity contribution is 7.85. The molecule has 1 aliphatic rings. The molecule has 3 rings (SSSR count). The van der Waals surface area contributed by atoms with Gasteiger partial charge in [0.25, 0.3) is 0 Å². The highest BCUT2D eigenvalue weighted by atomic mass is 35.5. The van der Waals surface area contributed by atoms with Crippen molar-refractivity contribution < 1.29 is 18.5 Å². The third-order valence-corrected chi connectivity index (χ3v) is 9.35. The lowest BCUT2D eigenvalue weighted by Gasteiger charge is -2.52. The SMILES string of the molecule is CC[C@@H](C[S@@](=O)C(C)C)N1C(=O)[C@@](C)(CC(=O)OC)CC(c2cccc(Cl)c2)[C@H]1c1ccc(Cl)cc1. The molecule has 1 saturated heterocycles. The fourth-order valence-corrected chi connectivity index (χ4v) is 6.60. The van der Waals surface area contributed by atoms with E-state index in [1.807, 2.05) is 81.1 Å². The van der Waals surface area contributed by atoms with Gasteiger partial charge in [-0.05, 0) is 48.2 Å². The topological polar surface area (TPSA) is 63.7 Å². The van der Waals surface area contributed by atoms with Gasteiger partial charge in [-0.2, -0.15) is 0 Å². The van der Waals surface area contributed by atoms with Crippen LogP contribution in [0.25, 0.3) is 0 Å². The largest absolute Gasteiger partial charge is 0.469 e. The number of hydrogen-bond acceptors (Lipinski definition) is 4. The molecule has 0 saturated carbocycles. The van der Waals surface area contributed by atoms with Gasteiger partial charge in [-0.1, -0.05) is 75.2 Å². The average molecular weight is 553 g/mol. The summed E-state index contributed by atoms with van der Waals surface area (Å²) in [5.74, 6) is -0.350. The van der Waals surface area contributed by atoms with Gasteiger partial charge in [0.05, 0.1) is 25.0 Å². The van der Waals surface area contributed by atoms with E-state index in [-0.39, 0.29) is 35.6 Å². The summed E-state index contributed by atoms with van der Waals surface area (Å²) < 4.78 is 18.0. The monoisotopic (exact) mass is 551 g/mol. The standard InChI is InChI=1S/C28H35Cl2NO4S/c1-6-23(17-36(34)18(2)3)31-26(19-10-12-21(29)13-11-19)24(20-8-7-9-22(30)14-20)15-28(4,27(31)33)16-25(32)35-5/h7-14,18,23-24,26H,6,15-17H2,1-5H3/t23-,24?,26+,28+,36+/m0/s1. The van der Waals surface area contributed by atoms with Crippen molar-refractivity contribution in [2.24, 2.45) is 5.41 Å². The number of piperidine rings is 1. The van der Waals surface area contributed by atoms with Crippen molar-refractivity contribution in [1.82, 2.24) is 4.90 Å². The number of likely N-dealkylation sites (tertiary alicyclic amines) is 1. The molecule has 0 N–H and O–H groups in total. The van der Waals surface area contributed by atoms with Crippen molar-refractivity contribution in [1.29, 1.82) is 0 Å². The Hall–Kier alpha value is -1.89. The molecule has 0 bridgehead atoms. The summed E-state index contributed by atoms with van der Waals surface area (Å²) in [4.78, 5) is 28.7. The molecule has 8 heteroatoms. The maximum absolute atomic E-state index is 14.3. The van der Waals surface area contributed by atoms with Gasteiger partial charge in [-0.15, -0.1) is 0 Å². The highest BCUT2D eigenvalue weighted by Gasteiger charge is 2.52. The van der Waals surface area contributed by atoms with Gasteiger partial charge in [0, 0.05) is 43.8 Å². The molecular formula is C28H35Cl2NO4S. The van der Waals surface area contributed by atoms with Gasteiger partial charge in [0.1, 0.15) is 0 Å². The second kappa shape index (κ2) is 12.1. The summed E-state index contributed by atoms with van der Waals surface area (Å²) in [6.45, 7) is 7.69. The molecule has 196 valence electrons. The number of methoxy groups -OCH3 is 1. The summed E-state index contributed by atoms with van der Waals surface area (Å²) >= 11 is 12.6. The number of hydrogen-bond donors (Lipinski definition) is 0. The number of carbonyl (C=O) groups excluding carboxylic acids is 2. The van der Waals surface area contributed by atoms with Crippen LogP contribution < -0.4 is 0 Å². The number of amides is 1. The Morgan fingerprint density at radius 2 is 1.81 bits per heavy atom. The number of ether oxygens (including phenoxy) is 1. The number of carbonyl (C=O) groups is 2. The van der Waals surface area contributed by atoms with E-state index in [1.165, 1.54) is 7.11 Å². The second-order valence-electron chi connectivity index (χ2n) is 10.0. The van der Waals surface area contributed by atoms with Gasteiger partial charge in [-0.3, -0.25) is 13.8 Å². The molecule has 1 heterocycles. The van der Waals surface area contributed by atoms with Crippen LogP contribution in [0.2, 0.25) is 10.0 Å². The van der Waals surface area contributed by atoms with Gasteiger partial charge < -0.3 is 9.64 Å². The van der Waals surface area contributed by atoms with E-state index in [2.05, 4.69) is 0 Å². The predicted molar refractivity (Wildman–Crippen MR) is 147 cm³/mol. The zero-order chi connectivity index (χ0) is 26.6. The van der Waals surface area contributed by atoms with Crippen LogP contribution in [-0.4, -0.2) is 45.1 Å². The van der Waals surface area contributed by atoms with E-state index in [0.29, 0.717) is 28.6 Å². The molecular weight excluding hydrogens is 517 g/mol. The van der Waals surface area contributed by atoms with E-state index in [1.54, 1.807) is 0 Å². The van der Waals surface area contributed by atoms with E-state index in [4.69, 9.17) is 27.9 Å². The van der Waals surface area contributed by atoms with Crippen LogP contribution in [0.5, 0.6) is 0 Å². The van der Waals surface area contributed by atoms with Gasteiger partial charge in [-0.25, -0.2) is 0 Å². The molecule has 1 unspecified atom stereocenters. The van der Waals surface area contributed by atoms with Crippen LogP contribution in [0.4, 0.5) is 0 Å². The Labute approximate surface area is 226 Å². The predicted octanol–water partition coefficient (Wildman–Crippen LogP) is 6.56. The molecule has 5 nitrogen and oxygen atoms in total. The fraction of sp³-hybridized carbons (Fsp3) is 0.500. The van der Waals surface area contributed by atoms with Crippen molar-refractivity contribution in [2.45, 2.75) is 70.2 Å². The molecule has 1 amide bonds. The van der Waals surface area contributed by atoms with E-state index < -0.39 is 22.2 Å². The summed E-state index contributed by atoms with van der Waals surface area (Å²) in [6, 6.07) is 14.6. The third kappa shape index (κ3) is 6.32. The molecule has 0 aliphatic carbocycles. The van der Waals surface area contributed by atoms with Gasteiger partial charge in [0.2, 0.25) is 5.91 Å². The van der Waals surface area contributed by atoms with Crippen molar-refractivity contribution in [3.63, 3.8) is 0 Å². The molecule has 0 radical (unpaired) electrons. The van der Waals surface area contributed by atoms with Crippen molar-refractivity contribution in [3.8, 4) is 0 Å². The minimum atomic E-state index is -1.12. The Morgan fingerprint density at radius 1 is 1.14 bits per heavy atom. The number of rotatable bonds is 9. The quantitative estimate of drug-likeness (QED) is 0.331. The normalized spacial score (nSPS) is 24.0. The van der Waals surface area contributed by atoms with Gasteiger partial charge in [0.15, 0.2) is 0 Å². The fourth-order valence-electron chi connectivity index (χ4n) is 5.11. The maximum Gasteiger partial charge on any atom is 0.306 e. The van der Waals surface area contributed by atoms with Crippen molar-refractivity contribution in [3.05, 3.63) is 69.7 Å².